The zero-order valence-corrected chi connectivity index (χ0v) is 16.9. The summed E-state index contributed by atoms with van der Waals surface area (Å²) in [6.45, 7) is 2.73. The number of ether oxygens (including phenoxy) is 1. The van der Waals surface area contributed by atoms with Gasteiger partial charge >= 0.3 is 6.03 Å². The second kappa shape index (κ2) is 8.22. The van der Waals surface area contributed by atoms with Crippen LogP contribution < -0.4 is 20.3 Å². The van der Waals surface area contributed by atoms with Crippen LogP contribution in [0, 0.1) is 0 Å². The van der Waals surface area contributed by atoms with Crippen molar-refractivity contribution in [2.24, 2.45) is 0 Å². The van der Waals surface area contributed by atoms with Crippen LogP contribution in [0.15, 0.2) is 54.9 Å². The van der Waals surface area contributed by atoms with E-state index < -0.39 is 0 Å². The Morgan fingerprint density at radius 3 is 2.83 bits per heavy atom. The summed E-state index contributed by atoms with van der Waals surface area (Å²) >= 11 is 0. The van der Waals surface area contributed by atoms with E-state index in [-0.39, 0.29) is 12.1 Å². The fourth-order valence-electron chi connectivity index (χ4n) is 4.49. The number of para-hydroxylation sites is 1. The van der Waals surface area contributed by atoms with Crippen LogP contribution in [0.3, 0.4) is 0 Å². The molecule has 1 aromatic heterocycles. The third-order valence-corrected chi connectivity index (χ3v) is 5.98. The fraction of sp³-hybridized carbons (Fsp3) is 0.333. The van der Waals surface area contributed by atoms with Gasteiger partial charge in [-0.2, -0.15) is 0 Å². The quantitative estimate of drug-likeness (QED) is 0.656. The molecule has 2 aromatic carbocycles. The van der Waals surface area contributed by atoms with Crippen molar-refractivity contribution >= 4 is 28.2 Å². The van der Waals surface area contributed by atoms with Crippen molar-refractivity contribution in [3.8, 4) is 5.75 Å². The van der Waals surface area contributed by atoms with Gasteiger partial charge in [0.15, 0.2) is 0 Å². The first-order valence-corrected chi connectivity index (χ1v) is 10.7. The van der Waals surface area contributed by atoms with Crippen molar-refractivity contribution in [3.63, 3.8) is 0 Å². The zero-order valence-electron chi connectivity index (χ0n) is 16.9. The fourth-order valence-corrected chi connectivity index (χ4v) is 4.49. The molecule has 2 N–H and O–H groups in total. The van der Waals surface area contributed by atoms with Gasteiger partial charge < -0.3 is 20.3 Å². The smallest absolute Gasteiger partial charge is 0.319 e. The Kier molecular flexibility index (Phi) is 5.13. The molecule has 1 saturated heterocycles. The van der Waals surface area contributed by atoms with Gasteiger partial charge in [0.05, 0.1) is 24.0 Å². The second-order valence-electron chi connectivity index (χ2n) is 7.93. The molecule has 2 aliphatic heterocycles. The third-order valence-electron chi connectivity index (χ3n) is 5.98. The Balaban J connectivity index is 1.35. The highest BCUT2D eigenvalue weighted by Gasteiger charge is 2.27. The van der Waals surface area contributed by atoms with E-state index in [4.69, 9.17) is 4.74 Å². The highest BCUT2D eigenvalue weighted by atomic mass is 16.5. The second-order valence-corrected chi connectivity index (χ2v) is 7.93. The van der Waals surface area contributed by atoms with Crippen LogP contribution in [0.2, 0.25) is 0 Å². The lowest BCUT2D eigenvalue weighted by Gasteiger charge is -2.34. The van der Waals surface area contributed by atoms with Gasteiger partial charge in [0, 0.05) is 48.2 Å². The Morgan fingerprint density at radius 1 is 1.07 bits per heavy atom. The van der Waals surface area contributed by atoms with E-state index in [9.17, 15) is 4.79 Å². The van der Waals surface area contributed by atoms with Crippen molar-refractivity contribution in [3.05, 3.63) is 60.4 Å². The minimum absolute atomic E-state index is 0.0740. The van der Waals surface area contributed by atoms with E-state index in [0.717, 1.165) is 53.0 Å². The van der Waals surface area contributed by atoms with E-state index in [1.54, 1.807) is 12.4 Å². The predicted octanol–water partition coefficient (Wildman–Crippen LogP) is 4.87. The summed E-state index contributed by atoms with van der Waals surface area (Å²) in [4.78, 5) is 19.4. The molecule has 6 nitrogen and oxygen atoms in total. The van der Waals surface area contributed by atoms with E-state index >= 15 is 0 Å². The van der Waals surface area contributed by atoms with Crippen LogP contribution in [-0.2, 0) is 0 Å². The van der Waals surface area contributed by atoms with Gasteiger partial charge in [-0.05, 0) is 37.5 Å². The largest absolute Gasteiger partial charge is 0.491 e. The summed E-state index contributed by atoms with van der Waals surface area (Å²) in [7, 11) is 0. The molecule has 5 rings (SSSR count). The standard InChI is InChI=1S/C24H26N4O2/c29-24(26-20-8-4-6-17-16-25-12-10-18(17)20)27-21-11-15-30-23-19(21)7-5-9-22(23)28-13-2-1-3-14-28/h4-10,12,16,21H,1-3,11,13-15H2,(H2,26,27,29). The van der Waals surface area contributed by atoms with Crippen LogP contribution in [0.1, 0.15) is 37.3 Å². The third kappa shape index (κ3) is 3.65. The van der Waals surface area contributed by atoms with Gasteiger partial charge in [-0.3, -0.25) is 4.98 Å². The Labute approximate surface area is 176 Å². The van der Waals surface area contributed by atoms with Crippen LogP contribution in [-0.4, -0.2) is 30.7 Å². The minimum Gasteiger partial charge on any atom is -0.491 e. The van der Waals surface area contributed by atoms with Gasteiger partial charge in [0.2, 0.25) is 0 Å². The molecule has 30 heavy (non-hydrogen) atoms. The topological polar surface area (TPSA) is 66.5 Å². The summed E-state index contributed by atoms with van der Waals surface area (Å²) in [5.74, 6) is 0.923. The van der Waals surface area contributed by atoms with Crippen molar-refractivity contribution in [1.82, 2.24) is 10.3 Å². The number of anilines is 2. The number of rotatable bonds is 3. The zero-order chi connectivity index (χ0) is 20.3. The highest BCUT2D eigenvalue weighted by molar-refractivity contribution is 6.01. The molecule has 1 fully saturated rings. The number of nitrogens with one attached hydrogen (secondary N) is 2. The first-order chi connectivity index (χ1) is 14.8. The monoisotopic (exact) mass is 402 g/mol. The number of urea groups is 1. The highest BCUT2D eigenvalue weighted by Crippen LogP contribution is 2.40. The number of fused-ring (bicyclic) bond motifs is 2. The van der Waals surface area contributed by atoms with Crippen LogP contribution in [0.4, 0.5) is 16.2 Å². The molecule has 2 amide bonds. The maximum absolute atomic E-state index is 12.8. The Morgan fingerprint density at radius 2 is 1.93 bits per heavy atom. The van der Waals surface area contributed by atoms with Crippen molar-refractivity contribution < 1.29 is 9.53 Å². The van der Waals surface area contributed by atoms with E-state index in [0.29, 0.717) is 6.61 Å². The minimum atomic E-state index is -0.208. The summed E-state index contributed by atoms with van der Waals surface area (Å²) in [6.07, 6.45) is 8.02. The molecule has 3 heterocycles. The molecule has 2 aliphatic rings. The molecule has 1 unspecified atom stereocenters. The number of carbonyl (C=O) groups excluding carboxylic acids is 1. The molecule has 1 atom stereocenters. The van der Waals surface area contributed by atoms with Crippen LogP contribution >= 0.6 is 0 Å². The first kappa shape index (κ1) is 18.7. The summed E-state index contributed by atoms with van der Waals surface area (Å²) in [5, 5.41) is 8.14. The maximum atomic E-state index is 12.8. The molecule has 0 aliphatic carbocycles. The molecule has 0 radical (unpaired) electrons. The van der Waals surface area contributed by atoms with E-state index in [2.05, 4.69) is 38.7 Å². The molecule has 0 spiro atoms. The van der Waals surface area contributed by atoms with E-state index in [1.165, 1.54) is 19.3 Å². The lowest BCUT2D eigenvalue weighted by atomic mass is 9.98. The Hall–Kier alpha value is -3.28. The number of pyridine rings is 1. The molecule has 154 valence electrons. The average Bonchev–Trinajstić information content (AvgIpc) is 2.80. The number of nitrogens with zero attached hydrogens (tertiary/aromatic N) is 2. The summed E-state index contributed by atoms with van der Waals surface area (Å²) < 4.78 is 6.08. The molecular formula is C24H26N4O2. The lowest BCUT2D eigenvalue weighted by molar-refractivity contribution is 0.232. The predicted molar refractivity (Wildman–Crippen MR) is 119 cm³/mol. The number of piperidine rings is 1. The number of carbonyl (C=O) groups is 1. The SMILES string of the molecule is O=C(Nc1cccc2cnccc12)NC1CCOc2c1cccc2N1CCCCC1. The maximum Gasteiger partial charge on any atom is 0.319 e. The molecular weight excluding hydrogens is 376 g/mol. The normalized spacial score (nSPS) is 18.4. The van der Waals surface area contributed by atoms with Crippen molar-refractivity contribution in [1.29, 1.82) is 0 Å². The molecule has 6 heteroatoms. The number of aromatic nitrogens is 1. The molecule has 3 aromatic rings. The number of amides is 2. The number of hydrogen-bond acceptors (Lipinski definition) is 4. The lowest BCUT2D eigenvalue weighted by Crippen LogP contribution is -2.36. The van der Waals surface area contributed by atoms with Gasteiger partial charge in [-0.25, -0.2) is 4.79 Å². The number of benzene rings is 2. The van der Waals surface area contributed by atoms with Crippen LogP contribution in [0.25, 0.3) is 10.8 Å². The van der Waals surface area contributed by atoms with Crippen molar-refractivity contribution in [2.75, 3.05) is 29.9 Å². The van der Waals surface area contributed by atoms with Gasteiger partial charge in [0.25, 0.3) is 0 Å². The Bertz CT molecular complexity index is 1060. The van der Waals surface area contributed by atoms with Crippen molar-refractivity contribution in [2.45, 2.75) is 31.7 Å². The van der Waals surface area contributed by atoms with E-state index in [1.807, 2.05) is 24.3 Å². The van der Waals surface area contributed by atoms with Gasteiger partial charge in [-0.1, -0.05) is 24.3 Å². The van der Waals surface area contributed by atoms with Crippen LogP contribution in [0.5, 0.6) is 5.75 Å². The molecule has 0 bridgehead atoms. The molecule has 0 saturated carbocycles. The van der Waals surface area contributed by atoms with Gasteiger partial charge in [0.1, 0.15) is 5.75 Å². The number of hydrogen-bond donors (Lipinski definition) is 2. The summed E-state index contributed by atoms with van der Waals surface area (Å²) in [6, 6.07) is 13.7. The average molecular weight is 402 g/mol. The summed E-state index contributed by atoms with van der Waals surface area (Å²) in [5.41, 5.74) is 2.99. The first-order valence-electron chi connectivity index (χ1n) is 10.7. The van der Waals surface area contributed by atoms with Gasteiger partial charge in [-0.15, -0.1) is 0 Å².